The van der Waals surface area contributed by atoms with E-state index in [-0.39, 0.29) is 30.1 Å². The SMILES string of the molecule is CC(=O)Nc1ccc(C(=O)OCC(=O)N(C)C[C@H]2COc3ccccc3O2)cc1. The monoisotopic (exact) mass is 398 g/mol. The van der Waals surface area contributed by atoms with Gasteiger partial charge in [0.25, 0.3) is 5.91 Å². The van der Waals surface area contributed by atoms with Crippen molar-refractivity contribution >= 4 is 23.5 Å². The molecule has 0 bridgehead atoms. The highest BCUT2D eigenvalue weighted by atomic mass is 16.6. The van der Waals surface area contributed by atoms with Crippen molar-refractivity contribution in [3.8, 4) is 11.5 Å². The lowest BCUT2D eigenvalue weighted by molar-refractivity contribution is -0.134. The van der Waals surface area contributed by atoms with Crippen molar-refractivity contribution in [2.45, 2.75) is 13.0 Å². The highest BCUT2D eigenvalue weighted by Gasteiger charge is 2.24. The molecule has 0 spiro atoms. The molecule has 0 unspecified atom stereocenters. The van der Waals surface area contributed by atoms with E-state index in [4.69, 9.17) is 14.2 Å². The topological polar surface area (TPSA) is 94.2 Å². The predicted octanol–water partition coefficient (Wildman–Crippen LogP) is 2.10. The maximum absolute atomic E-state index is 12.3. The highest BCUT2D eigenvalue weighted by Crippen LogP contribution is 2.30. The second-order valence-electron chi connectivity index (χ2n) is 6.61. The standard InChI is InChI=1S/C21H22N2O6/c1-14(24)22-16-9-7-15(8-10-16)21(26)28-13-20(25)23(2)11-17-12-27-18-5-3-4-6-19(18)29-17/h3-10,17H,11-13H2,1-2H3,(H,22,24)/t17-/m0/s1. The molecule has 1 heterocycles. The normalized spacial score (nSPS) is 14.6. The summed E-state index contributed by atoms with van der Waals surface area (Å²) in [6, 6.07) is 13.6. The van der Waals surface area contributed by atoms with Crippen LogP contribution in [0.2, 0.25) is 0 Å². The number of fused-ring (bicyclic) bond motifs is 1. The van der Waals surface area contributed by atoms with Gasteiger partial charge in [-0.15, -0.1) is 0 Å². The van der Waals surface area contributed by atoms with E-state index in [0.717, 1.165) is 0 Å². The Morgan fingerprint density at radius 1 is 1.10 bits per heavy atom. The number of carbonyl (C=O) groups is 3. The van der Waals surface area contributed by atoms with Gasteiger partial charge in [-0.1, -0.05) is 12.1 Å². The Hall–Kier alpha value is -3.55. The third-order valence-corrected chi connectivity index (χ3v) is 4.24. The van der Waals surface area contributed by atoms with Gasteiger partial charge >= 0.3 is 5.97 Å². The molecule has 8 nitrogen and oxygen atoms in total. The van der Waals surface area contributed by atoms with Crippen LogP contribution in [0.15, 0.2) is 48.5 Å². The van der Waals surface area contributed by atoms with E-state index in [9.17, 15) is 14.4 Å². The minimum absolute atomic E-state index is 0.204. The smallest absolute Gasteiger partial charge is 0.338 e. The van der Waals surface area contributed by atoms with E-state index in [1.165, 1.54) is 24.0 Å². The molecule has 1 atom stereocenters. The molecule has 2 amide bonds. The Kier molecular flexibility index (Phi) is 6.33. The summed E-state index contributed by atoms with van der Waals surface area (Å²) in [4.78, 5) is 36.8. The first-order chi connectivity index (χ1) is 13.9. The molecule has 0 aliphatic carbocycles. The molecule has 0 radical (unpaired) electrons. The molecule has 0 fully saturated rings. The number of likely N-dealkylation sites (N-methyl/N-ethyl adjacent to an activating group) is 1. The van der Waals surface area contributed by atoms with Gasteiger partial charge in [-0.3, -0.25) is 9.59 Å². The van der Waals surface area contributed by atoms with Gasteiger partial charge in [-0.2, -0.15) is 0 Å². The Balaban J connectivity index is 1.46. The third-order valence-electron chi connectivity index (χ3n) is 4.24. The molecule has 3 rings (SSSR count). The van der Waals surface area contributed by atoms with Crippen LogP contribution in [-0.2, 0) is 14.3 Å². The summed E-state index contributed by atoms with van der Waals surface area (Å²) in [7, 11) is 1.61. The molecule has 0 saturated heterocycles. The zero-order valence-electron chi connectivity index (χ0n) is 16.2. The van der Waals surface area contributed by atoms with Crippen molar-refractivity contribution in [2.75, 3.05) is 32.1 Å². The van der Waals surface area contributed by atoms with E-state index in [0.29, 0.717) is 30.3 Å². The number of hydrogen-bond donors (Lipinski definition) is 1. The maximum Gasteiger partial charge on any atom is 0.338 e. The first-order valence-electron chi connectivity index (χ1n) is 9.09. The fourth-order valence-electron chi connectivity index (χ4n) is 2.77. The number of hydrogen-bond acceptors (Lipinski definition) is 6. The number of nitrogens with zero attached hydrogens (tertiary/aromatic N) is 1. The number of benzene rings is 2. The molecule has 29 heavy (non-hydrogen) atoms. The van der Waals surface area contributed by atoms with Gasteiger partial charge < -0.3 is 24.4 Å². The van der Waals surface area contributed by atoms with Crippen LogP contribution in [0.1, 0.15) is 17.3 Å². The summed E-state index contributed by atoms with van der Waals surface area (Å²) in [5, 5.41) is 2.61. The van der Waals surface area contributed by atoms with E-state index in [1.54, 1.807) is 19.2 Å². The van der Waals surface area contributed by atoms with Crippen molar-refractivity contribution < 1.29 is 28.6 Å². The van der Waals surface area contributed by atoms with Gasteiger partial charge in [0.2, 0.25) is 5.91 Å². The summed E-state index contributed by atoms with van der Waals surface area (Å²) < 4.78 is 16.5. The Bertz CT molecular complexity index is 896. The predicted molar refractivity (Wildman–Crippen MR) is 105 cm³/mol. The molecule has 1 N–H and O–H groups in total. The molecular weight excluding hydrogens is 376 g/mol. The largest absolute Gasteiger partial charge is 0.486 e. The molecule has 0 aromatic heterocycles. The van der Waals surface area contributed by atoms with Crippen LogP contribution in [0.3, 0.4) is 0 Å². The van der Waals surface area contributed by atoms with Crippen molar-refractivity contribution in [3.63, 3.8) is 0 Å². The first kappa shape index (κ1) is 20.2. The Labute approximate surface area is 168 Å². The van der Waals surface area contributed by atoms with Crippen LogP contribution >= 0.6 is 0 Å². The first-order valence-corrected chi connectivity index (χ1v) is 9.09. The number of amides is 2. The number of esters is 1. The van der Waals surface area contributed by atoms with E-state index < -0.39 is 5.97 Å². The van der Waals surface area contributed by atoms with Gasteiger partial charge in [0.05, 0.1) is 12.1 Å². The second-order valence-corrected chi connectivity index (χ2v) is 6.61. The molecule has 1 aliphatic heterocycles. The van der Waals surface area contributed by atoms with E-state index >= 15 is 0 Å². The number of para-hydroxylation sites is 2. The fraction of sp³-hybridized carbons (Fsp3) is 0.286. The second kappa shape index (κ2) is 9.09. The third kappa shape index (κ3) is 5.47. The van der Waals surface area contributed by atoms with Gasteiger partial charge in [0.15, 0.2) is 24.2 Å². The van der Waals surface area contributed by atoms with Crippen LogP contribution in [0.25, 0.3) is 0 Å². The van der Waals surface area contributed by atoms with Gasteiger partial charge in [0, 0.05) is 19.7 Å². The lowest BCUT2D eigenvalue weighted by atomic mass is 10.2. The molecular formula is C21H22N2O6. The number of rotatable bonds is 6. The molecule has 8 heteroatoms. The van der Waals surface area contributed by atoms with Crippen LogP contribution < -0.4 is 14.8 Å². The molecule has 1 aliphatic rings. The number of nitrogens with one attached hydrogen (secondary N) is 1. The summed E-state index contributed by atoms with van der Waals surface area (Å²) >= 11 is 0. The number of ether oxygens (including phenoxy) is 3. The summed E-state index contributed by atoms with van der Waals surface area (Å²) in [5.41, 5.74) is 0.858. The molecule has 0 saturated carbocycles. The maximum atomic E-state index is 12.3. The fourth-order valence-corrected chi connectivity index (χ4v) is 2.77. The van der Waals surface area contributed by atoms with Crippen molar-refractivity contribution in [3.05, 3.63) is 54.1 Å². The average Bonchev–Trinajstić information content (AvgIpc) is 2.71. The lowest BCUT2D eigenvalue weighted by Gasteiger charge is -2.29. The summed E-state index contributed by atoms with van der Waals surface area (Å²) in [6.07, 6.45) is -0.309. The Morgan fingerprint density at radius 3 is 2.48 bits per heavy atom. The van der Waals surface area contributed by atoms with Crippen molar-refractivity contribution in [1.82, 2.24) is 4.90 Å². The summed E-state index contributed by atoms with van der Waals surface area (Å²) in [6.45, 7) is 1.64. The molecule has 2 aromatic carbocycles. The quantitative estimate of drug-likeness (QED) is 0.749. The average molecular weight is 398 g/mol. The zero-order chi connectivity index (χ0) is 20.8. The summed E-state index contributed by atoms with van der Waals surface area (Å²) in [5.74, 6) is 0.141. The van der Waals surface area contributed by atoms with E-state index in [2.05, 4.69) is 5.32 Å². The minimum Gasteiger partial charge on any atom is -0.486 e. The minimum atomic E-state index is -0.618. The lowest BCUT2D eigenvalue weighted by Crippen LogP contribution is -2.43. The Morgan fingerprint density at radius 2 is 1.79 bits per heavy atom. The number of carbonyl (C=O) groups excluding carboxylic acids is 3. The van der Waals surface area contributed by atoms with Gasteiger partial charge in [-0.25, -0.2) is 4.79 Å². The van der Waals surface area contributed by atoms with Crippen molar-refractivity contribution in [1.29, 1.82) is 0 Å². The van der Waals surface area contributed by atoms with Crippen molar-refractivity contribution in [2.24, 2.45) is 0 Å². The van der Waals surface area contributed by atoms with Gasteiger partial charge in [0.1, 0.15) is 6.61 Å². The van der Waals surface area contributed by atoms with Gasteiger partial charge in [-0.05, 0) is 36.4 Å². The molecule has 2 aromatic rings. The van der Waals surface area contributed by atoms with Crippen LogP contribution in [0, 0.1) is 0 Å². The molecule has 152 valence electrons. The highest BCUT2D eigenvalue weighted by molar-refractivity contribution is 5.93. The number of anilines is 1. The zero-order valence-corrected chi connectivity index (χ0v) is 16.2. The van der Waals surface area contributed by atoms with Crippen LogP contribution in [0.5, 0.6) is 11.5 Å². The van der Waals surface area contributed by atoms with E-state index in [1.807, 2.05) is 24.3 Å². The van der Waals surface area contributed by atoms with Crippen LogP contribution in [0.4, 0.5) is 5.69 Å². The van der Waals surface area contributed by atoms with Crippen LogP contribution in [-0.4, -0.2) is 55.6 Å².